The van der Waals surface area contributed by atoms with E-state index in [4.69, 9.17) is 0 Å². The van der Waals surface area contributed by atoms with Crippen LogP contribution < -0.4 is 5.32 Å². The number of benzene rings is 1. The zero-order chi connectivity index (χ0) is 25.1. The van der Waals surface area contributed by atoms with Gasteiger partial charge in [-0.1, -0.05) is 36.8 Å². The van der Waals surface area contributed by atoms with E-state index in [1.165, 1.54) is 12.6 Å². The Balaban J connectivity index is 1.37. The Hall–Kier alpha value is -2.36. The largest absolute Gasteiger partial charge is 0.338 e. The summed E-state index contributed by atoms with van der Waals surface area (Å²) in [5, 5.41) is 3.77. The molecule has 35 heavy (non-hydrogen) atoms. The third-order valence-electron chi connectivity index (χ3n) is 7.63. The van der Waals surface area contributed by atoms with E-state index < -0.39 is 10.0 Å². The Morgan fingerprint density at radius 2 is 1.74 bits per heavy atom. The lowest BCUT2D eigenvalue weighted by Gasteiger charge is -2.45. The number of rotatable bonds is 5. The predicted octanol–water partition coefficient (Wildman–Crippen LogP) is 3.06. The average molecular weight is 500 g/mol. The van der Waals surface area contributed by atoms with Crippen molar-refractivity contribution in [2.75, 3.05) is 25.9 Å². The maximum Gasteiger partial charge on any atom is 0.257 e. The quantitative estimate of drug-likeness (QED) is 0.679. The van der Waals surface area contributed by atoms with E-state index in [1.54, 1.807) is 4.31 Å². The Kier molecular flexibility index (Phi) is 7.88. The molecule has 190 valence electrons. The summed E-state index contributed by atoms with van der Waals surface area (Å²) in [6.07, 6.45) is 8.19. The number of amides is 1. The van der Waals surface area contributed by atoms with E-state index in [0.717, 1.165) is 62.0 Å². The second kappa shape index (κ2) is 10.7. The van der Waals surface area contributed by atoms with Gasteiger partial charge in [0.25, 0.3) is 5.91 Å². The first-order chi connectivity index (χ1) is 16.7. The number of likely N-dealkylation sites (tertiary alicyclic amines) is 1. The van der Waals surface area contributed by atoms with Crippen molar-refractivity contribution in [1.29, 1.82) is 0 Å². The van der Waals surface area contributed by atoms with Crippen molar-refractivity contribution in [2.45, 2.75) is 70.5 Å². The fraction of sp³-hybridized carbons (Fsp3) is 0.577. The minimum Gasteiger partial charge on any atom is -0.338 e. The molecule has 2 aliphatic rings. The molecule has 9 heteroatoms. The zero-order valence-electron chi connectivity index (χ0n) is 21.0. The van der Waals surface area contributed by atoms with E-state index in [0.29, 0.717) is 25.2 Å². The summed E-state index contributed by atoms with van der Waals surface area (Å²) < 4.78 is 27.0. The number of piperidine rings is 1. The number of nitrogens with one attached hydrogen (secondary N) is 1. The molecule has 3 heterocycles. The highest BCUT2D eigenvalue weighted by Crippen LogP contribution is 2.32. The third-order valence-corrected chi connectivity index (χ3v) is 8.91. The van der Waals surface area contributed by atoms with Crippen LogP contribution in [0.4, 0.5) is 0 Å². The molecule has 1 spiro atoms. The highest BCUT2D eigenvalue weighted by molar-refractivity contribution is 7.88. The molecule has 2 fully saturated rings. The van der Waals surface area contributed by atoms with Crippen LogP contribution in [0.1, 0.15) is 65.8 Å². The van der Waals surface area contributed by atoms with Crippen LogP contribution in [-0.2, 0) is 16.6 Å². The van der Waals surface area contributed by atoms with Gasteiger partial charge >= 0.3 is 0 Å². The van der Waals surface area contributed by atoms with Gasteiger partial charge in [-0.2, -0.15) is 4.31 Å². The molecular formula is C26H37N5O3S. The Morgan fingerprint density at radius 3 is 2.37 bits per heavy atom. The lowest BCUT2D eigenvalue weighted by molar-refractivity contribution is 0.0611. The maximum absolute atomic E-state index is 13.2. The van der Waals surface area contributed by atoms with Gasteiger partial charge < -0.3 is 10.2 Å². The van der Waals surface area contributed by atoms with Crippen molar-refractivity contribution in [3.05, 3.63) is 59.2 Å². The van der Waals surface area contributed by atoms with E-state index >= 15 is 0 Å². The molecule has 0 saturated carbocycles. The first-order valence-electron chi connectivity index (χ1n) is 12.5. The molecule has 2 aliphatic heterocycles. The zero-order valence-corrected chi connectivity index (χ0v) is 21.9. The summed E-state index contributed by atoms with van der Waals surface area (Å²) in [5.74, 6) is 0.0195. The smallest absolute Gasteiger partial charge is 0.257 e. The van der Waals surface area contributed by atoms with Gasteiger partial charge in [0.1, 0.15) is 6.33 Å². The minimum atomic E-state index is -3.32. The van der Waals surface area contributed by atoms with Gasteiger partial charge in [0.15, 0.2) is 0 Å². The van der Waals surface area contributed by atoms with Gasteiger partial charge in [0.05, 0.1) is 23.2 Å². The molecule has 1 atom stereocenters. The first kappa shape index (κ1) is 25.7. The summed E-state index contributed by atoms with van der Waals surface area (Å²) in [6, 6.07) is 9.79. The monoisotopic (exact) mass is 499 g/mol. The van der Waals surface area contributed by atoms with E-state index in [-0.39, 0.29) is 17.5 Å². The van der Waals surface area contributed by atoms with Gasteiger partial charge in [-0.25, -0.2) is 18.4 Å². The molecule has 0 bridgehead atoms. The summed E-state index contributed by atoms with van der Waals surface area (Å²) >= 11 is 0. The average Bonchev–Trinajstić information content (AvgIpc) is 2.80. The Morgan fingerprint density at radius 1 is 1.09 bits per heavy atom. The summed E-state index contributed by atoms with van der Waals surface area (Å²) in [4.78, 5) is 23.5. The van der Waals surface area contributed by atoms with Gasteiger partial charge in [-0.3, -0.25) is 4.79 Å². The van der Waals surface area contributed by atoms with E-state index in [2.05, 4.69) is 15.3 Å². The van der Waals surface area contributed by atoms with Crippen molar-refractivity contribution in [3.8, 4) is 0 Å². The van der Waals surface area contributed by atoms with Crippen LogP contribution in [0.15, 0.2) is 36.7 Å². The molecule has 1 amide bonds. The fourth-order valence-corrected chi connectivity index (χ4v) is 6.74. The lowest BCUT2D eigenvalue weighted by Crippen LogP contribution is -2.56. The van der Waals surface area contributed by atoms with Gasteiger partial charge in [-0.15, -0.1) is 0 Å². The highest BCUT2D eigenvalue weighted by atomic mass is 32.2. The molecule has 0 aliphatic carbocycles. The van der Waals surface area contributed by atoms with Crippen LogP contribution in [0.25, 0.3) is 0 Å². The summed E-state index contributed by atoms with van der Waals surface area (Å²) in [5.41, 5.74) is 3.09. The number of hydrogen-bond acceptors (Lipinski definition) is 6. The highest BCUT2D eigenvalue weighted by Gasteiger charge is 2.38. The number of carbonyl (C=O) groups is 1. The molecule has 1 N–H and O–H groups in total. The molecule has 0 radical (unpaired) electrons. The van der Waals surface area contributed by atoms with E-state index in [1.807, 2.05) is 49.1 Å². The topological polar surface area (TPSA) is 95.5 Å². The number of hydrogen-bond donors (Lipinski definition) is 1. The fourth-order valence-electron chi connectivity index (χ4n) is 5.61. The van der Waals surface area contributed by atoms with Crippen LogP contribution in [0.5, 0.6) is 0 Å². The second-order valence-corrected chi connectivity index (χ2v) is 12.0. The van der Waals surface area contributed by atoms with Crippen molar-refractivity contribution < 1.29 is 13.2 Å². The maximum atomic E-state index is 13.2. The van der Waals surface area contributed by atoms with Crippen LogP contribution >= 0.6 is 0 Å². The third kappa shape index (κ3) is 6.08. The number of sulfonamides is 1. The number of aromatic nitrogens is 2. The Bertz CT molecular complexity index is 1100. The summed E-state index contributed by atoms with van der Waals surface area (Å²) in [7, 11) is -3.32. The Labute approximate surface area is 209 Å². The van der Waals surface area contributed by atoms with Crippen LogP contribution in [0.3, 0.4) is 0 Å². The van der Waals surface area contributed by atoms with E-state index in [9.17, 15) is 13.2 Å². The standard InChI is InChI=1S/C26H37N5O3S/c1-20-24(21(2)28-19-27-20)25(32)30-16-13-26(14-17-30)12-7-10-23(11-15-29-26)31(35(3,33)34)18-22-8-5-4-6-9-22/h4-6,8-9,19,23,29H,7,10-18H2,1-3H3. The second-order valence-electron chi connectivity index (χ2n) is 10.0. The SMILES string of the molecule is Cc1ncnc(C)c1C(=O)N1CCC2(CCCC(N(Cc3ccccc3)S(C)(=O)=O)CCN2)CC1. The molecule has 2 saturated heterocycles. The van der Waals surface area contributed by atoms with Crippen LogP contribution in [0, 0.1) is 13.8 Å². The van der Waals surface area contributed by atoms with Gasteiger partial charge in [0.2, 0.25) is 10.0 Å². The normalized spacial score (nSPS) is 21.0. The number of nitrogens with zero attached hydrogens (tertiary/aromatic N) is 4. The van der Waals surface area contributed by atoms with Crippen molar-refractivity contribution in [1.82, 2.24) is 24.5 Å². The first-order valence-corrected chi connectivity index (χ1v) is 14.4. The van der Waals surface area contributed by atoms with Crippen molar-refractivity contribution >= 4 is 15.9 Å². The molecule has 4 rings (SSSR count). The lowest BCUT2D eigenvalue weighted by atomic mass is 9.80. The van der Waals surface area contributed by atoms with Crippen molar-refractivity contribution in [2.24, 2.45) is 0 Å². The molecule has 1 aromatic carbocycles. The predicted molar refractivity (Wildman–Crippen MR) is 136 cm³/mol. The summed E-state index contributed by atoms with van der Waals surface area (Å²) in [6.45, 7) is 6.30. The molecular weight excluding hydrogens is 462 g/mol. The van der Waals surface area contributed by atoms with Crippen LogP contribution in [-0.4, -0.2) is 71.0 Å². The van der Waals surface area contributed by atoms with Gasteiger partial charge in [0, 0.05) is 31.2 Å². The molecule has 2 aromatic rings. The minimum absolute atomic E-state index is 0.00831. The number of aryl methyl sites for hydroxylation is 2. The van der Waals surface area contributed by atoms with Crippen LogP contribution in [0.2, 0.25) is 0 Å². The van der Waals surface area contributed by atoms with Crippen molar-refractivity contribution in [3.63, 3.8) is 0 Å². The number of carbonyl (C=O) groups excluding carboxylic acids is 1. The molecule has 1 unspecified atom stereocenters. The molecule has 1 aromatic heterocycles. The van der Waals surface area contributed by atoms with Gasteiger partial charge in [-0.05, 0) is 58.1 Å². The molecule has 8 nitrogen and oxygen atoms in total.